The minimum absolute atomic E-state index is 0.0916. The van der Waals surface area contributed by atoms with Crippen LogP contribution in [0.2, 0.25) is 0 Å². The van der Waals surface area contributed by atoms with Gasteiger partial charge in [-0.15, -0.1) is 0 Å². The molecular weight excluding hydrogens is 356 g/mol. The number of hydrogen-bond acceptors (Lipinski definition) is 4. The summed E-state index contributed by atoms with van der Waals surface area (Å²) in [5.74, 6) is -0.222. The van der Waals surface area contributed by atoms with Crippen molar-refractivity contribution in [2.45, 2.75) is 58.8 Å². The lowest BCUT2D eigenvalue weighted by molar-refractivity contribution is -0.141. The van der Waals surface area contributed by atoms with E-state index in [1.165, 1.54) is 42.5 Å². The van der Waals surface area contributed by atoms with Crippen LogP contribution < -0.4 is 0 Å². The molecule has 5 rings (SSSR count). The van der Waals surface area contributed by atoms with E-state index in [0.717, 1.165) is 12.3 Å². The van der Waals surface area contributed by atoms with E-state index in [2.05, 4.69) is 13.8 Å². The van der Waals surface area contributed by atoms with Gasteiger partial charge >= 0.3 is 0 Å². The lowest BCUT2D eigenvalue weighted by Crippen LogP contribution is -2.37. The number of hydrogen-bond donors (Lipinski definition) is 0. The van der Waals surface area contributed by atoms with Crippen molar-refractivity contribution in [3.05, 3.63) is 0 Å². The van der Waals surface area contributed by atoms with Crippen LogP contribution in [0.15, 0.2) is 0 Å². The molecule has 0 aromatic heterocycles. The highest BCUT2D eigenvalue weighted by atomic mass is 16.2. The van der Waals surface area contributed by atoms with Crippen molar-refractivity contribution < 1.29 is 19.2 Å². The molecule has 0 aromatic carbocycles. The lowest BCUT2D eigenvalue weighted by atomic mass is 9.70. The Labute approximate surface area is 167 Å². The van der Waals surface area contributed by atoms with Crippen LogP contribution in [0.25, 0.3) is 0 Å². The number of carbonyl (C=O) groups is 4. The van der Waals surface area contributed by atoms with Crippen molar-refractivity contribution >= 4 is 23.6 Å². The first-order valence-electron chi connectivity index (χ1n) is 11.0. The van der Waals surface area contributed by atoms with Gasteiger partial charge in [0.1, 0.15) is 0 Å². The molecule has 154 valence electrons. The molecule has 2 bridgehead atoms. The monoisotopic (exact) mass is 388 g/mol. The van der Waals surface area contributed by atoms with Gasteiger partial charge < -0.3 is 0 Å². The van der Waals surface area contributed by atoms with E-state index in [0.29, 0.717) is 31.2 Å². The predicted molar refractivity (Wildman–Crippen MR) is 103 cm³/mol. The zero-order valence-electron chi connectivity index (χ0n) is 17.2. The van der Waals surface area contributed by atoms with Gasteiger partial charge in [0.2, 0.25) is 23.6 Å². The van der Waals surface area contributed by atoms with E-state index >= 15 is 0 Å². The number of nitrogens with zero attached hydrogens (tertiary/aromatic N) is 2. The highest BCUT2D eigenvalue weighted by molar-refractivity contribution is 6.09. The summed E-state index contributed by atoms with van der Waals surface area (Å²) in [5, 5.41) is 0. The van der Waals surface area contributed by atoms with Gasteiger partial charge in [0.15, 0.2) is 0 Å². The topological polar surface area (TPSA) is 74.8 Å². The van der Waals surface area contributed by atoms with Crippen molar-refractivity contribution in [1.82, 2.24) is 9.80 Å². The molecule has 0 radical (unpaired) electrons. The summed E-state index contributed by atoms with van der Waals surface area (Å²) in [6, 6.07) is 0. The van der Waals surface area contributed by atoms with Crippen LogP contribution in [0.1, 0.15) is 58.8 Å². The molecule has 0 spiro atoms. The first-order valence-corrected chi connectivity index (χ1v) is 11.0. The Morgan fingerprint density at radius 2 is 1.25 bits per heavy atom. The number of carbonyl (C=O) groups excluding carboxylic acids is 4. The van der Waals surface area contributed by atoms with E-state index in [1.54, 1.807) is 0 Å². The SMILES string of the molecule is CCC.CN1C(=O)C2CC3C(=O)N(CC4CC5CCC4C5)C(=O)C3CC2C1=O. The molecule has 2 heterocycles. The predicted octanol–water partition coefficient (Wildman–Crippen LogP) is 2.46. The average Bonchev–Trinajstić information content (AvgIpc) is 3.40. The first kappa shape index (κ1) is 19.6. The van der Waals surface area contributed by atoms with E-state index in [-0.39, 0.29) is 23.6 Å². The van der Waals surface area contributed by atoms with Gasteiger partial charge in [-0.05, 0) is 49.9 Å². The molecule has 0 N–H and O–H groups in total. The highest BCUT2D eigenvalue weighted by Crippen LogP contribution is 2.51. The van der Waals surface area contributed by atoms with Crippen LogP contribution in [0, 0.1) is 41.4 Å². The Morgan fingerprint density at radius 3 is 1.68 bits per heavy atom. The zero-order valence-corrected chi connectivity index (χ0v) is 17.2. The molecule has 6 heteroatoms. The van der Waals surface area contributed by atoms with Gasteiger partial charge in [0.05, 0.1) is 23.7 Å². The van der Waals surface area contributed by atoms with Crippen molar-refractivity contribution in [3.63, 3.8) is 0 Å². The summed E-state index contributed by atoms with van der Waals surface area (Å²) in [6.07, 6.45) is 6.91. The van der Waals surface area contributed by atoms with Gasteiger partial charge in [-0.3, -0.25) is 29.0 Å². The molecule has 3 saturated carbocycles. The molecule has 2 aliphatic heterocycles. The summed E-state index contributed by atoms with van der Waals surface area (Å²) in [6.45, 7) is 4.81. The summed E-state index contributed by atoms with van der Waals surface area (Å²) in [7, 11) is 1.50. The van der Waals surface area contributed by atoms with Crippen LogP contribution in [0.3, 0.4) is 0 Å². The molecule has 6 nitrogen and oxygen atoms in total. The number of likely N-dealkylation sites (tertiary alicyclic amines) is 2. The lowest BCUT2D eigenvalue weighted by Gasteiger charge is -2.28. The van der Waals surface area contributed by atoms with E-state index in [9.17, 15) is 19.2 Å². The second kappa shape index (κ2) is 7.27. The minimum atomic E-state index is -0.405. The summed E-state index contributed by atoms with van der Waals surface area (Å²) >= 11 is 0. The molecular formula is C22H32N2O4. The first-order chi connectivity index (χ1) is 13.4. The Balaban J connectivity index is 0.000000604. The third kappa shape index (κ3) is 2.91. The molecule has 4 amide bonds. The highest BCUT2D eigenvalue weighted by Gasteiger charge is 2.59. The molecule has 3 aliphatic carbocycles. The fourth-order valence-electron chi connectivity index (χ4n) is 6.43. The maximum Gasteiger partial charge on any atom is 0.233 e. The maximum atomic E-state index is 12.9. The number of imide groups is 2. The number of fused-ring (bicyclic) bond motifs is 4. The Morgan fingerprint density at radius 1 is 0.750 bits per heavy atom. The van der Waals surface area contributed by atoms with Crippen LogP contribution in [0.4, 0.5) is 0 Å². The van der Waals surface area contributed by atoms with Gasteiger partial charge in [-0.2, -0.15) is 0 Å². The minimum Gasteiger partial charge on any atom is -0.285 e. The fourth-order valence-corrected chi connectivity index (χ4v) is 6.43. The third-order valence-electron chi connectivity index (χ3n) is 7.75. The molecule has 5 aliphatic rings. The number of rotatable bonds is 2. The summed E-state index contributed by atoms with van der Waals surface area (Å²) in [4.78, 5) is 53.0. The van der Waals surface area contributed by atoms with Crippen molar-refractivity contribution in [2.75, 3.05) is 13.6 Å². The van der Waals surface area contributed by atoms with Gasteiger partial charge in [-0.1, -0.05) is 26.7 Å². The average molecular weight is 389 g/mol. The second-order valence-electron chi connectivity index (χ2n) is 9.56. The van der Waals surface area contributed by atoms with E-state index < -0.39 is 23.7 Å². The smallest absolute Gasteiger partial charge is 0.233 e. The van der Waals surface area contributed by atoms with Crippen molar-refractivity contribution in [2.24, 2.45) is 41.4 Å². The quantitative estimate of drug-likeness (QED) is 0.681. The fraction of sp³-hybridized carbons (Fsp3) is 0.818. The molecule has 2 saturated heterocycles. The summed E-state index contributed by atoms with van der Waals surface area (Å²) in [5.41, 5.74) is 0. The van der Waals surface area contributed by atoms with Crippen molar-refractivity contribution in [1.29, 1.82) is 0 Å². The molecule has 5 fully saturated rings. The van der Waals surface area contributed by atoms with Gasteiger partial charge in [-0.25, -0.2) is 0 Å². The van der Waals surface area contributed by atoms with Gasteiger partial charge in [0, 0.05) is 13.6 Å². The van der Waals surface area contributed by atoms with Gasteiger partial charge in [0.25, 0.3) is 0 Å². The normalized spacial score (nSPS) is 41.3. The Hall–Kier alpha value is -1.72. The Bertz CT molecular complexity index is 663. The van der Waals surface area contributed by atoms with Crippen LogP contribution in [-0.4, -0.2) is 47.0 Å². The number of amides is 4. The Kier molecular flexibility index (Phi) is 5.09. The molecule has 0 aromatic rings. The van der Waals surface area contributed by atoms with Crippen molar-refractivity contribution in [3.8, 4) is 0 Å². The summed E-state index contributed by atoms with van der Waals surface area (Å²) < 4.78 is 0. The van der Waals surface area contributed by atoms with E-state index in [4.69, 9.17) is 0 Å². The maximum absolute atomic E-state index is 12.9. The second-order valence-corrected chi connectivity index (χ2v) is 9.56. The largest absolute Gasteiger partial charge is 0.285 e. The standard InChI is InChI=1S/C19H24N2O4.C3H8/c1-20-16(22)12-6-14-15(7-13(12)17(20)23)19(25)21(18(14)24)8-11-5-9-2-3-10(11)4-9;1-3-2/h9-15H,2-8H2,1H3;3H2,1-2H3. The molecule has 28 heavy (non-hydrogen) atoms. The zero-order chi connectivity index (χ0) is 20.2. The molecule has 7 unspecified atom stereocenters. The van der Waals surface area contributed by atoms with E-state index in [1.807, 2.05) is 0 Å². The molecule has 7 atom stereocenters. The van der Waals surface area contributed by atoms with Crippen LogP contribution in [0.5, 0.6) is 0 Å². The third-order valence-corrected chi connectivity index (χ3v) is 7.75. The van der Waals surface area contributed by atoms with Crippen LogP contribution >= 0.6 is 0 Å². The van der Waals surface area contributed by atoms with Crippen LogP contribution in [-0.2, 0) is 19.2 Å².